The Labute approximate surface area is 293 Å². The Morgan fingerprint density at radius 1 is 0.477 bits per heavy atom. The van der Waals surface area contributed by atoms with E-state index in [-0.39, 0.29) is 30.2 Å². The van der Waals surface area contributed by atoms with Gasteiger partial charge in [0.05, 0.1) is 0 Å². The van der Waals surface area contributed by atoms with Crippen molar-refractivity contribution in [3.63, 3.8) is 0 Å². The molecule has 0 atom stereocenters. The van der Waals surface area contributed by atoms with Crippen molar-refractivity contribution in [2.75, 3.05) is 0 Å². The van der Waals surface area contributed by atoms with Gasteiger partial charge in [-0.25, -0.2) is 0 Å². The van der Waals surface area contributed by atoms with Gasteiger partial charge < -0.3 is 24.8 Å². The van der Waals surface area contributed by atoms with E-state index in [9.17, 15) is 0 Å². The van der Waals surface area contributed by atoms with E-state index in [1.54, 1.807) is 23.3 Å². The van der Waals surface area contributed by atoms with E-state index in [1.165, 1.54) is 55.6 Å². The molecule has 0 bridgehead atoms. The molecule has 0 aromatic heterocycles. The van der Waals surface area contributed by atoms with Crippen LogP contribution < -0.4 is 24.8 Å². The number of benzene rings is 2. The molecule has 6 rings (SSSR count). The molecule has 224 valence electrons. The van der Waals surface area contributed by atoms with E-state index in [0.717, 1.165) is 0 Å². The Bertz CT molecular complexity index is 1540. The smallest absolute Gasteiger partial charge is 1.00 e. The first kappa shape index (κ1) is 37.7. The van der Waals surface area contributed by atoms with Gasteiger partial charge >= 0.3 is 41.9 Å². The van der Waals surface area contributed by atoms with Crippen LogP contribution in [-0.4, -0.2) is 5.43 Å². The van der Waals surface area contributed by atoms with Gasteiger partial charge in [0.15, 0.2) is 0 Å². The van der Waals surface area contributed by atoms with Gasteiger partial charge in [0.25, 0.3) is 0 Å². The van der Waals surface area contributed by atoms with E-state index in [0.29, 0.717) is 11.8 Å². The van der Waals surface area contributed by atoms with Gasteiger partial charge in [-0.1, -0.05) is 124 Å². The molecule has 4 aliphatic carbocycles. The molecule has 2 aromatic carbocycles. The summed E-state index contributed by atoms with van der Waals surface area (Å²) in [5, 5.41) is 0. The summed E-state index contributed by atoms with van der Waals surface area (Å²) in [7, 11) is 0. The molecule has 0 spiro atoms. The average molecular weight is 711 g/mol. The molecule has 0 aliphatic heterocycles. The van der Waals surface area contributed by atoms with Crippen LogP contribution in [0.5, 0.6) is 0 Å². The summed E-state index contributed by atoms with van der Waals surface area (Å²) in [6.45, 7) is 13.5. The third-order valence-electron chi connectivity index (χ3n) is 7.01. The molecule has 4 aliphatic rings. The molecule has 0 saturated carbocycles. The van der Waals surface area contributed by atoms with Crippen LogP contribution in [0.2, 0.25) is 13.1 Å². The molecule has 0 saturated heterocycles. The molecule has 0 nitrogen and oxygen atoms in total. The van der Waals surface area contributed by atoms with Crippen molar-refractivity contribution in [2.45, 2.75) is 52.6 Å². The van der Waals surface area contributed by atoms with Crippen molar-refractivity contribution in [3.8, 4) is 44.5 Å². The molecular formula is C40H40Cl2SiZr-2. The molecule has 2 aromatic rings. The van der Waals surface area contributed by atoms with E-state index in [1.807, 2.05) is 0 Å². The minimum Gasteiger partial charge on any atom is -1.00 e. The van der Waals surface area contributed by atoms with E-state index in [4.69, 9.17) is 0 Å². The Hall–Kier alpha value is -2.48. The molecule has 0 heterocycles. The van der Waals surface area contributed by atoms with Gasteiger partial charge in [-0.2, -0.15) is 23.3 Å². The van der Waals surface area contributed by atoms with Crippen LogP contribution in [0.3, 0.4) is 0 Å². The Kier molecular flexibility index (Phi) is 15.8. The summed E-state index contributed by atoms with van der Waals surface area (Å²) in [6, 6.07) is 49.8. The Morgan fingerprint density at radius 2 is 0.773 bits per heavy atom. The molecule has 0 amide bonds. The molecule has 0 radical (unpaired) electrons. The van der Waals surface area contributed by atoms with Crippen LogP contribution in [0.25, 0.3) is 44.5 Å². The number of halogens is 2. The topological polar surface area (TPSA) is 0 Å². The standard InChI is InChI=1S/2C19H17.C2H6Si.2ClH.Zr/c2*1-14(2)17-12-16-10-6-7-11-18(19(16)13-17)15-8-4-3-5-9-15;1-3-2;;;/h2*3-11,13-14H,1-2H3;1-2H3;2*1H;/q2*-1;;;;+2/p-2. The second-order valence-electron chi connectivity index (χ2n) is 11.4. The van der Waals surface area contributed by atoms with Crippen LogP contribution in [0.15, 0.2) is 121 Å². The minimum atomic E-state index is 0. The monoisotopic (exact) mass is 708 g/mol. The maximum absolute atomic E-state index is 3.53. The summed E-state index contributed by atoms with van der Waals surface area (Å²) >= 11 is 1.74. The molecule has 4 heteroatoms. The van der Waals surface area contributed by atoms with Crippen LogP contribution in [-0.2, 0) is 23.3 Å². The number of hydrogen-bond donors (Lipinski definition) is 0. The van der Waals surface area contributed by atoms with Gasteiger partial charge in [0.2, 0.25) is 0 Å². The predicted octanol–water partition coefficient (Wildman–Crippen LogP) is 5.56. The predicted molar refractivity (Wildman–Crippen MR) is 180 cm³/mol. The third kappa shape index (κ3) is 10.3. The van der Waals surface area contributed by atoms with Crippen molar-refractivity contribution in [2.24, 2.45) is 0 Å². The fraction of sp³-hybridized carbons (Fsp3) is 0.200. The fourth-order valence-corrected chi connectivity index (χ4v) is 4.84. The SMILES string of the molecule is CC(C)c1[c-]c2ccccc(-c3ccccc3)c-2c1.CC(C)c1[c-]c2ccccc(-c3ccccc3)c-2c1.C[Si](C)=[Zr+2].[Cl-].[Cl-]. The Morgan fingerprint density at radius 3 is 1.09 bits per heavy atom. The van der Waals surface area contributed by atoms with Crippen LogP contribution in [0, 0.1) is 12.1 Å². The van der Waals surface area contributed by atoms with Gasteiger partial charge in [-0.3, -0.25) is 0 Å². The van der Waals surface area contributed by atoms with E-state index in [2.05, 4.69) is 174 Å². The number of fused-ring (bicyclic) bond motifs is 2. The van der Waals surface area contributed by atoms with Crippen molar-refractivity contribution in [1.82, 2.24) is 0 Å². The molecular weight excluding hydrogens is 671 g/mol. The molecule has 0 N–H and O–H groups in total. The van der Waals surface area contributed by atoms with Crippen LogP contribution in [0.4, 0.5) is 0 Å². The van der Waals surface area contributed by atoms with Crippen molar-refractivity contribution in [1.29, 1.82) is 0 Å². The van der Waals surface area contributed by atoms with Gasteiger partial charge in [0, 0.05) is 0 Å². The largest absolute Gasteiger partial charge is 1.00 e. The quantitative estimate of drug-likeness (QED) is 0.166. The van der Waals surface area contributed by atoms with E-state index >= 15 is 0 Å². The number of hydrogen-bond acceptors (Lipinski definition) is 0. The van der Waals surface area contributed by atoms with Crippen LogP contribution >= 0.6 is 0 Å². The summed E-state index contributed by atoms with van der Waals surface area (Å²) in [5.41, 5.74) is 12.9. The summed E-state index contributed by atoms with van der Waals surface area (Å²) in [6.07, 6.45) is 0. The van der Waals surface area contributed by atoms with Crippen LogP contribution in [0.1, 0.15) is 50.7 Å². The van der Waals surface area contributed by atoms with Crippen molar-refractivity contribution < 1.29 is 48.1 Å². The first-order valence-electron chi connectivity index (χ1n) is 14.8. The molecule has 0 fully saturated rings. The average Bonchev–Trinajstić information content (AvgIpc) is 3.48. The van der Waals surface area contributed by atoms with Gasteiger partial charge in [0.1, 0.15) is 0 Å². The second kappa shape index (κ2) is 18.5. The minimum absolute atomic E-state index is 0. The van der Waals surface area contributed by atoms with Gasteiger partial charge in [-0.05, 0) is 23.0 Å². The van der Waals surface area contributed by atoms with Gasteiger partial charge in [-0.15, -0.1) is 58.7 Å². The normalized spacial score (nSPS) is 10.2. The maximum Gasteiger partial charge on any atom is -1.00 e. The molecule has 44 heavy (non-hydrogen) atoms. The first-order valence-corrected chi connectivity index (χ1v) is 21.0. The van der Waals surface area contributed by atoms with Crippen molar-refractivity contribution in [3.05, 3.63) is 145 Å². The summed E-state index contributed by atoms with van der Waals surface area (Å²) < 4.78 is 0. The number of rotatable bonds is 4. The zero-order valence-corrected chi connectivity index (χ0v) is 31.4. The summed E-state index contributed by atoms with van der Waals surface area (Å²) in [5.74, 6) is 1.03. The third-order valence-corrected chi connectivity index (χ3v) is 7.01. The van der Waals surface area contributed by atoms with Crippen molar-refractivity contribution >= 4 is 5.43 Å². The molecule has 0 unspecified atom stereocenters. The summed E-state index contributed by atoms with van der Waals surface area (Å²) in [4.78, 5) is 0. The maximum atomic E-state index is 3.53. The fourth-order valence-electron chi connectivity index (χ4n) is 4.84. The van der Waals surface area contributed by atoms with E-state index < -0.39 is 0 Å². The second-order valence-corrected chi connectivity index (χ2v) is 20.8. The zero-order chi connectivity index (χ0) is 30.1. The zero-order valence-electron chi connectivity index (χ0n) is 26.5. The Balaban J connectivity index is 0.000000263. The first-order chi connectivity index (χ1) is 20.2.